The Morgan fingerprint density at radius 1 is 0.944 bits per heavy atom. The predicted molar refractivity (Wildman–Crippen MR) is 74.2 cm³/mol. The molecule has 0 radical (unpaired) electrons. The average Bonchev–Trinajstić information content (AvgIpc) is 2.85. The van der Waals surface area contributed by atoms with Crippen LogP contribution in [0.15, 0.2) is 42.5 Å². The van der Waals surface area contributed by atoms with Gasteiger partial charge in [-0.3, -0.25) is 0 Å². The normalized spacial score (nSPS) is 13.2. The van der Waals surface area contributed by atoms with Gasteiger partial charge in [-0.05, 0) is 66.8 Å². The van der Waals surface area contributed by atoms with Crippen LogP contribution in [0, 0.1) is 0 Å². The van der Waals surface area contributed by atoms with Crippen LogP contribution >= 0.6 is 11.6 Å². The Kier molecular flexibility index (Phi) is 3.11. The first-order chi connectivity index (χ1) is 8.81. The first-order valence-corrected chi connectivity index (χ1v) is 6.49. The van der Waals surface area contributed by atoms with Crippen LogP contribution in [-0.2, 0) is 12.8 Å². The smallest absolute Gasteiger partial charge is 0.155 e. The van der Waals surface area contributed by atoms with Crippen molar-refractivity contribution in [3.8, 4) is 5.75 Å². The summed E-state index contributed by atoms with van der Waals surface area (Å²) in [5.74, 6) is 0.750. The van der Waals surface area contributed by atoms with E-state index in [0.717, 1.165) is 11.4 Å². The maximum Gasteiger partial charge on any atom is 0.155 e. The lowest BCUT2D eigenvalue weighted by atomic mass is 10.1. The zero-order valence-electron chi connectivity index (χ0n) is 9.95. The highest BCUT2D eigenvalue weighted by Gasteiger charge is 2.10. The minimum absolute atomic E-state index is 0.708. The van der Waals surface area contributed by atoms with Gasteiger partial charge in [0.05, 0.1) is 5.69 Å². The van der Waals surface area contributed by atoms with Crippen molar-refractivity contribution in [2.75, 3.05) is 5.48 Å². The zero-order chi connectivity index (χ0) is 12.4. The molecule has 18 heavy (non-hydrogen) atoms. The van der Waals surface area contributed by atoms with Gasteiger partial charge in [-0.2, -0.15) is 0 Å². The lowest BCUT2D eigenvalue weighted by molar-refractivity contribution is 0.405. The van der Waals surface area contributed by atoms with Crippen LogP contribution in [0.3, 0.4) is 0 Å². The first-order valence-electron chi connectivity index (χ1n) is 6.11. The molecule has 0 bridgehead atoms. The van der Waals surface area contributed by atoms with E-state index in [4.69, 9.17) is 16.4 Å². The molecule has 2 aromatic rings. The van der Waals surface area contributed by atoms with Gasteiger partial charge in [0.1, 0.15) is 0 Å². The van der Waals surface area contributed by atoms with Gasteiger partial charge in [-0.1, -0.05) is 17.7 Å². The lowest BCUT2D eigenvalue weighted by Crippen LogP contribution is -2.04. The van der Waals surface area contributed by atoms with E-state index < -0.39 is 0 Å². The number of hydrogen-bond donors (Lipinski definition) is 1. The molecule has 0 aromatic heterocycles. The highest BCUT2D eigenvalue weighted by Crippen LogP contribution is 2.25. The van der Waals surface area contributed by atoms with Crippen molar-refractivity contribution in [2.24, 2.45) is 0 Å². The van der Waals surface area contributed by atoms with Crippen molar-refractivity contribution in [3.05, 3.63) is 58.6 Å². The molecule has 0 fully saturated rings. The number of aryl methyl sites for hydroxylation is 2. The number of anilines is 1. The van der Waals surface area contributed by atoms with Crippen molar-refractivity contribution in [1.29, 1.82) is 0 Å². The standard InChI is InChI=1S/C15H14ClNO/c16-13-5-8-15(9-6-13)18-17-14-7-4-11-2-1-3-12(11)10-14/h4-10,17H,1-3H2. The largest absolute Gasteiger partial charge is 0.382 e. The van der Waals surface area contributed by atoms with E-state index in [9.17, 15) is 0 Å². The molecule has 0 saturated carbocycles. The van der Waals surface area contributed by atoms with Crippen molar-refractivity contribution >= 4 is 17.3 Å². The molecule has 0 heterocycles. The topological polar surface area (TPSA) is 21.3 Å². The van der Waals surface area contributed by atoms with E-state index in [1.165, 1.54) is 30.4 Å². The first kappa shape index (κ1) is 11.4. The summed E-state index contributed by atoms with van der Waals surface area (Å²) in [6.07, 6.45) is 3.64. The maximum atomic E-state index is 5.82. The third-order valence-corrected chi connectivity index (χ3v) is 3.45. The monoisotopic (exact) mass is 259 g/mol. The van der Waals surface area contributed by atoms with Gasteiger partial charge in [-0.15, -0.1) is 0 Å². The van der Waals surface area contributed by atoms with E-state index >= 15 is 0 Å². The number of halogens is 1. The molecule has 0 amide bonds. The Bertz CT molecular complexity index is 551. The predicted octanol–water partition coefficient (Wildman–Crippen LogP) is 4.23. The molecule has 0 atom stereocenters. The fraction of sp³-hybridized carbons (Fsp3) is 0.200. The molecule has 0 unspecified atom stereocenters. The summed E-state index contributed by atoms with van der Waals surface area (Å²) < 4.78 is 0. The molecule has 0 saturated heterocycles. The van der Waals surface area contributed by atoms with E-state index in [2.05, 4.69) is 23.7 Å². The highest BCUT2D eigenvalue weighted by atomic mass is 35.5. The van der Waals surface area contributed by atoms with Crippen molar-refractivity contribution < 1.29 is 4.84 Å². The molecule has 0 aliphatic heterocycles. The second-order valence-corrected chi connectivity index (χ2v) is 4.93. The van der Waals surface area contributed by atoms with Crippen LogP contribution in [-0.4, -0.2) is 0 Å². The highest BCUT2D eigenvalue weighted by molar-refractivity contribution is 6.30. The minimum Gasteiger partial charge on any atom is -0.382 e. The molecular weight excluding hydrogens is 246 g/mol. The summed E-state index contributed by atoms with van der Waals surface area (Å²) >= 11 is 5.82. The zero-order valence-corrected chi connectivity index (χ0v) is 10.7. The molecule has 2 aromatic carbocycles. The third kappa shape index (κ3) is 2.44. The van der Waals surface area contributed by atoms with Crippen LogP contribution in [0.25, 0.3) is 0 Å². The summed E-state index contributed by atoms with van der Waals surface area (Å²) in [6, 6.07) is 13.7. The van der Waals surface area contributed by atoms with E-state index in [1.54, 1.807) is 12.1 Å². The number of fused-ring (bicyclic) bond motifs is 1. The Hall–Kier alpha value is -1.67. The molecule has 3 heteroatoms. The van der Waals surface area contributed by atoms with Gasteiger partial charge in [-0.25, -0.2) is 5.48 Å². The number of hydrogen-bond acceptors (Lipinski definition) is 2. The Morgan fingerprint density at radius 2 is 1.72 bits per heavy atom. The van der Waals surface area contributed by atoms with Gasteiger partial charge in [0.2, 0.25) is 0 Å². The number of rotatable bonds is 3. The van der Waals surface area contributed by atoms with E-state index in [1.807, 2.05) is 12.1 Å². The molecule has 3 rings (SSSR count). The van der Waals surface area contributed by atoms with Crippen LogP contribution in [0.4, 0.5) is 5.69 Å². The molecule has 1 aliphatic rings. The van der Waals surface area contributed by atoms with Crippen molar-refractivity contribution in [3.63, 3.8) is 0 Å². The molecule has 2 nitrogen and oxygen atoms in total. The number of benzene rings is 2. The number of nitrogens with one attached hydrogen (secondary N) is 1. The van der Waals surface area contributed by atoms with Gasteiger partial charge in [0.15, 0.2) is 5.75 Å². The summed E-state index contributed by atoms with van der Waals surface area (Å²) in [7, 11) is 0. The SMILES string of the molecule is Clc1ccc(ONc2ccc3c(c2)CCC3)cc1. The van der Waals surface area contributed by atoms with Crippen LogP contribution < -0.4 is 10.3 Å². The summed E-state index contributed by atoms with van der Waals surface area (Å²) in [6.45, 7) is 0. The Morgan fingerprint density at radius 3 is 2.56 bits per heavy atom. The lowest BCUT2D eigenvalue weighted by Gasteiger charge is -2.09. The van der Waals surface area contributed by atoms with Gasteiger partial charge >= 0.3 is 0 Å². The van der Waals surface area contributed by atoms with Gasteiger partial charge in [0, 0.05) is 5.02 Å². The summed E-state index contributed by atoms with van der Waals surface area (Å²) in [4.78, 5) is 5.50. The van der Waals surface area contributed by atoms with Gasteiger partial charge < -0.3 is 4.84 Å². The molecule has 1 N–H and O–H groups in total. The molecule has 0 spiro atoms. The fourth-order valence-electron chi connectivity index (χ4n) is 2.26. The molecule has 92 valence electrons. The van der Waals surface area contributed by atoms with Crippen LogP contribution in [0.5, 0.6) is 5.75 Å². The summed E-state index contributed by atoms with van der Waals surface area (Å²) in [5, 5.41) is 0.708. The Balaban J connectivity index is 1.68. The van der Waals surface area contributed by atoms with Crippen molar-refractivity contribution in [1.82, 2.24) is 0 Å². The van der Waals surface area contributed by atoms with Crippen molar-refractivity contribution in [2.45, 2.75) is 19.3 Å². The maximum absolute atomic E-state index is 5.82. The van der Waals surface area contributed by atoms with E-state index in [-0.39, 0.29) is 0 Å². The second-order valence-electron chi connectivity index (χ2n) is 4.50. The van der Waals surface area contributed by atoms with E-state index in [0.29, 0.717) is 5.02 Å². The summed E-state index contributed by atoms with van der Waals surface area (Å²) in [5.41, 5.74) is 6.85. The minimum atomic E-state index is 0.708. The Labute approximate surface area is 111 Å². The quantitative estimate of drug-likeness (QED) is 0.833. The van der Waals surface area contributed by atoms with Crippen LogP contribution in [0.2, 0.25) is 5.02 Å². The van der Waals surface area contributed by atoms with Gasteiger partial charge in [0.25, 0.3) is 0 Å². The molecular formula is C15H14ClNO. The fourth-order valence-corrected chi connectivity index (χ4v) is 2.38. The molecule has 1 aliphatic carbocycles. The second kappa shape index (κ2) is 4.91. The van der Waals surface area contributed by atoms with Crippen LogP contribution in [0.1, 0.15) is 17.5 Å². The third-order valence-electron chi connectivity index (χ3n) is 3.20. The average molecular weight is 260 g/mol.